The highest BCUT2D eigenvalue weighted by atomic mass is 16.6. The third-order valence-electron chi connectivity index (χ3n) is 6.40. The second-order valence-corrected chi connectivity index (χ2v) is 11.3. The maximum absolute atomic E-state index is 12.4. The monoisotopic (exact) mass is 514 g/mol. The SMILES string of the molecule is CC(C)(C)c1cc(Oc2cccc3c2C(=O)OC3=O)c(C(C)(C)C)cc1Oc1ccc2c(c1)C(=O)OC2=O. The first-order chi connectivity index (χ1) is 17.7. The van der Waals surface area contributed by atoms with Crippen molar-refractivity contribution in [3.05, 3.63) is 81.9 Å². The highest BCUT2D eigenvalue weighted by Gasteiger charge is 2.35. The lowest BCUT2D eigenvalue weighted by Gasteiger charge is -2.29. The van der Waals surface area contributed by atoms with E-state index in [1.807, 2.05) is 53.7 Å². The number of esters is 4. The largest absolute Gasteiger partial charge is 0.457 e. The van der Waals surface area contributed by atoms with E-state index in [0.717, 1.165) is 11.1 Å². The summed E-state index contributed by atoms with van der Waals surface area (Å²) < 4.78 is 22.1. The second kappa shape index (κ2) is 8.55. The van der Waals surface area contributed by atoms with Gasteiger partial charge in [-0.15, -0.1) is 0 Å². The van der Waals surface area contributed by atoms with Crippen molar-refractivity contribution in [3.63, 3.8) is 0 Å². The Balaban J connectivity index is 1.62. The molecular formula is C30H26O8. The van der Waals surface area contributed by atoms with Gasteiger partial charge in [0.2, 0.25) is 0 Å². The van der Waals surface area contributed by atoms with E-state index in [9.17, 15) is 19.2 Å². The van der Waals surface area contributed by atoms with Crippen LogP contribution >= 0.6 is 0 Å². The molecule has 0 unspecified atom stereocenters. The lowest BCUT2D eigenvalue weighted by atomic mass is 9.80. The van der Waals surface area contributed by atoms with Crippen LogP contribution < -0.4 is 9.47 Å². The van der Waals surface area contributed by atoms with Gasteiger partial charge in [0.25, 0.3) is 0 Å². The van der Waals surface area contributed by atoms with Crippen molar-refractivity contribution in [2.75, 3.05) is 0 Å². The summed E-state index contributed by atoms with van der Waals surface area (Å²) in [7, 11) is 0. The number of hydrogen-bond donors (Lipinski definition) is 0. The summed E-state index contributed by atoms with van der Waals surface area (Å²) in [5.74, 6) is -1.21. The van der Waals surface area contributed by atoms with Crippen LogP contribution in [0.25, 0.3) is 0 Å². The number of hydrogen-bond acceptors (Lipinski definition) is 8. The maximum Gasteiger partial charge on any atom is 0.350 e. The Hall–Kier alpha value is -4.46. The molecule has 0 fully saturated rings. The summed E-state index contributed by atoms with van der Waals surface area (Å²) in [6.07, 6.45) is 0. The van der Waals surface area contributed by atoms with Crippen LogP contribution in [0.4, 0.5) is 0 Å². The lowest BCUT2D eigenvalue weighted by Crippen LogP contribution is -2.17. The van der Waals surface area contributed by atoms with Crippen molar-refractivity contribution < 1.29 is 38.1 Å². The minimum absolute atomic E-state index is 0.0922. The van der Waals surface area contributed by atoms with Crippen molar-refractivity contribution in [3.8, 4) is 23.0 Å². The molecule has 8 nitrogen and oxygen atoms in total. The van der Waals surface area contributed by atoms with Crippen LogP contribution in [0.2, 0.25) is 0 Å². The normalized spacial score (nSPS) is 14.7. The fourth-order valence-corrected chi connectivity index (χ4v) is 4.46. The number of cyclic esters (lactones) is 4. The first-order valence-electron chi connectivity index (χ1n) is 12.1. The molecule has 0 saturated heterocycles. The Morgan fingerprint density at radius 3 is 1.74 bits per heavy atom. The molecule has 3 aromatic rings. The third-order valence-corrected chi connectivity index (χ3v) is 6.40. The fourth-order valence-electron chi connectivity index (χ4n) is 4.46. The number of carbonyl (C=O) groups excluding carboxylic acids is 4. The predicted molar refractivity (Wildman–Crippen MR) is 136 cm³/mol. The summed E-state index contributed by atoms with van der Waals surface area (Å²) in [5.41, 5.74) is 1.38. The average Bonchev–Trinajstić information content (AvgIpc) is 3.27. The van der Waals surface area contributed by atoms with Crippen molar-refractivity contribution in [2.24, 2.45) is 0 Å². The molecular weight excluding hydrogens is 488 g/mol. The first-order valence-corrected chi connectivity index (χ1v) is 12.1. The van der Waals surface area contributed by atoms with Crippen LogP contribution in [0.15, 0.2) is 48.5 Å². The van der Waals surface area contributed by atoms with E-state index in [4.69, 9.17) is 18.9 Å². The van der Waals surface area contributed by atoms with Gasteiger partial charge >= 0.3 is 23.9 Å². The lowest BCUT2D eigenvalue weighted by molar-refractivity contribution is 0.0425. The third kappa shape index (κ3) is 4.32. The molecule has 38 heavy (non-hydrogen) atoms. The average molecular weight is 515 g/mol. The maximum atomic E-state index is 12.4. The van der Waals surface area contributed by atoms with E-state index >= 15 is 0 Å². The van der Waals surface area contributed by atoms with Gasteiger partial charge in [-0.1, -0.05) is 47.6 Å². The van der Waals surface area contributed by atoms with Gasteiger partial charge in [-0.2, -0.15) is 0 Å². The van der Waals surface area contributed by atoms with E-state index in [2.05, 4.69) is 0 Å². The molecule has 0 bridgehead atoms. The number of rotatable bonds is 4. The molecule has 0 atom stereocenters. The molecule has 0 saturated carbocycles. The Morgan fingerprint density at radius 1 is 0.553 bits per heavy atom. The summed E-state index contributed by atoms with van der Waals surface area (Å²) in [5, 5.41) is 0. The standard InChI is InChI=1S/C30H26O8/c1-29(2,3)19-14-23(36-21-9-7-8-17-24(21)28(34)38-26(17)32)20(30(4,5)6)13-22(19)35-15-10-11-16-18(12-15)27(33)37-25(16)31/h7-14H,1-6H3. The van der Waals surface area contributed by atoms with Crippen molar-refractivity contribution in [2.45, 2.75) is 52.4 Å². The molecule has 0 N–H and O–H groups in total. The van der Waals surface area contributed by atoms with Crippen molar-refractivity contribution in [1.82, 2.24) is 0 Å². The molecule has 0 amide bonds. The molecule has 0 aromatic heterocycles. The molecule has 194 valence electrons. The molecule has 8 heteroatoms. The molecule has 0 spiro atoms. The molecule has 2 heterocycles. The predicted octanol–water partition coefficient (Wildman–Crippen LogP) is 6.49. The van der Waals surface area contributed by atoms with Gasteiger partial charge in [0.15, 0.2) is 0 Å². The molecule has 2 aliphatic rings. The van der Waals surface area contributed by atoms with Crippen LogP contribution in [0, 0.1) is 0 Å². The number of ether oxygens (including phenoxy) is 4. The fraction of sp³-hybridized carbons (Fsp3) is 0.267. The molecule has 2 aliphatic heterocycles. The highest BCUT2D eigenvalue weighted by Crippen LogP contribution is 2.45. The van der Waals surface area contributed by atoms with E-state index in [1.54, 1.807) is 18.2 Å². The summed E-state index contributed by atoms with van der Waals surface area (Å²) >= 11 is 0. The van der Waals surface area contributed by atoms with Crippen LogP contribution in [0.1, 0.15) is 94.1 Å². The minimum atomic E-state index is -0.748. The van der Waals surface area contributed by atoms with Crippen molar-refractivity contribution >= 4 is 23.9 Å². The number of benzene rings is 3. The van der Waals surface area contributed by atoms with Gasteiger partial charge in [0, 0.05) is 11.1 Å². The minimum Gasteiger partial charge on any atom is -0.457 e. The van der Waals surface area contributed by atoms with Gasteiger partial charge in [-0.05, 0) is 53.3 Å². The topological polar surface area (TPSA) is 105 Å². The Morgan fingerprint density at radius 2 is 1.11 bits per heavy atom. The van der Waals surface area contributed by atoms with Crippen LogP contribution in [-0.4, -0.2) is 23.9 Å². The zero-order chi connectivity index (χ0) is 27.6. The first kappa shape index (κ1) is 25.2. The van der Waals surface area contributed by atoms with Gasteiger partial charge in [-0.25, -0.2) is 19.2 Å². The smallest absolute Gasteiger partial charge is 0.350 e. The van der Waals surface area contributed by atoms with E-state index < -0.39 is 34.7 Å². The van der Waals surface area contributed by atoms with E-state index in [1.165, 1.54) is 18.2 Å². The Kier molecular flexibility index (Phi) is 5.67. The molecule has 5 rings (SSSR count). The Labute approximate surface area is 219 Å². The highest BCUT2D eigenvalue weighted by molar-refractivity contribution is 6.16. The van der Waals surface area contributed by atoms with Crippen LogP contribution in [0.3, 0.4) is 0 Å². The van der Waals surface area contributed by atoms with Gasteiger partial charge in [-0.3, -0.25) is 0 Å². The van der Waals surface area contributed by atoms with E-state index in [0.29, 0.717) is 17.2 Å². The Bertz CT molecular complexity index is 1550. The van der Waals surface area contributed by atoms with E-state index in [-0.39, 0.29) is 28.0 Å². The van der Waals surface area contributed by atoms with Crippen LogP contribution in [0.5, 0.6) is 23.0 Å². The van der Waals surface area contributed by atoms with Crippen LogP contribution in [-0.2, 0) is 20.3 Å². The zero-order valence-electron chi connectivity index (χ0n) is 21.9. The van der Waals surface area contributed by atoms with Gasteiger partial charge < -0.3 is 18.9 Å². The van der Waals surface area contributed by atoms with Gasteiger partial charge in [0.05, 0.1) is 16.7 Å². The zero-order valence-corrected chi connectivity index (χ0v) is 21.9. The summed E-state index contributed by atoms with van der Waals surface area (Å²) in [6, 6.07) is 13.1. The summed E-state index contributed by atoms with van der Waals surface area (Å²) in [6.45, 7) is 12.1. The molecule has 0 radical (unpaired) electrons. The number of fused-ring (bicyclic) bond motifs is 2. The number of carbonyl (C=O) groups is 4. The van der Waals surface area contributed by atoms with Gasteiger partial charge in [0.1, 0.15) is 28.6 Å². The second-order valence-electron chi connectivity index (χ2n) is 11.3. The molecule has 3 aromatic carbocycles. The molecule has 0 aliphatic carbocycles. The van der Waals surface area contributed by atoms with Crippen molar-refractivity contribution in [1.29, 1.82) is 0 Å². The quantitative estimate of drug-likeness (QED) is 0.287. The summed E-state index contributed by atoms with van der Waals surface area (Å²) in [4.78, 5) is 48.3.